The van der Waals surface area contributed by atoms with Crippen molar-refractivity contribution in [1.82, 2.24) is 67.3 Å². The van der Waals surface area contributed by atoms with E-state index < -0.39 is 107 Å². The van der Waals surface area contributed by atoms with Crippen molar-refractivity contribution in [2.45, 2.75) is 21.7 Å². The highest BCUT2D eigenvalue weighted by Gasteiger charge is 2.29. The number of thiophene rings is 4. The molecule has 0 aliphatic carbocycles. The molecule has 9 amide bonds. The van der Waals surface area contributed by atoms with Gasteiger partial charge in [-0.3, -0.25) is 52.4 Å². The van der Waals surface area contributed by atoms with Gasteiger partial charge in [0.15, 0.2) is 9.84 Å². The van der Waals surface area contributed by atoms with Gasteiger partial charge in [0, 0.05) is 121 Å². The van der Waals surface area contributed by atoms with Crippen molar-refractivity contribution in [2.24, 2.45) is 0 Å². The third kappa shape index (κ3) is 26.3. The molecule has 0 unspecified atom stereocenters. The van der Waals surface area contributed by atoms with Crippen LogP contribution >= 0.6 is 91.8 Å². The SMILES string of the molecule is CNc1ccc2c(=O)n(-c3ccc(NC(=O)NS(=O)(=O)c4ccc(Cl)s4)cn3)cc(C(=O)NCCN(C)C)c2c1.CNc1ccc2c(=O)n(-c3ccc(NC(=O)NS(=O)(=O)c4ccc(Cl)s4)cn3)cc(C(=O)OC)c2c1.CNc1ccc2c(=O)n(-c3ccc(NC(=O)NS(=O)(=O)c4ccc(Cl)s4)cn3)cc(S(C)(=O)=O)c2c1.CNc1ccc2c(=O)n(-c3ccc(NC(=O)NS(=O)(=O)c4ccc(Cl)s4)cn3)cc([N+](=O)[O-])c2c1. The number of esters is 1. The number of sulfonamides is 4. The molecule has 0 bridgehead atoms. The van der Waals surface area contributed by atoms with Crippen LogP contribution in [0.4, 0.5) is 70.4 Å². The van der Waals surface area contributed by atoms with Crippen molar-refractivity contribution in [2.75, 3.05) is 111 Å². The molecule has 0 radical (unpaired) electrons. The van der Waals surface area contributed by atoms with Crippen LogP contribution in [0.25, 0.3) is 66.4 Å². The Kier molecular flexibility index (Phi) is 34.0. The largest absolute Gasteiger partial charge is 0.465 e. The standard InChI is InChI=1S/C25H26ClN7O5S2.C22H18ClN5O6S2.C21H18ClN5O6S3.C20H15ClN6O6S2/c1-27-15-4-6-17-18(12-15)19(23(34)28-10-11-32(2)3)14-33(24(17)35)21-8-5-16(13-29-21)30-25(36)31-40(37,38)22-9-7-20(26)39-22;1-24-12-3-5-14-15(9-12)16(21(30)34-2)11-28(20(14)29)18-7-4-13(10-25-18)26-22(31)27-36(32,33)19-8-6-17(23)35-19;1-23-12-3-5-14-15(9-12)16(35(2,30)31)11-27(20(14)28)18-7-4-13(10-24-18)25-21(29)26-36(32,33)19-8-6-17(22)34-19;1-22-11-2-4-13-14(8-11)15(27(30)31)10-26(19(13)28)17-6-3-12(9-23-17)24-20(29)25-35(32,33)18-7-5-16(21)34-18/h4-9,12-14,27H,10-11H2,1-3H3,(H,28,34)(H2,30,31,36);3-11,24H,1-2H3,(H2,26,27,31);3-11,23H,1-2H3,(H2,25,26,29);2-10,22H,1H3,(H2,24,25,29). The summed E-state index contributed by atoms with van der Waals surface area (Å²) in [6.45, 7) is 1.05. The van der Waals surface area contributed by atoms with Crippen LogP contribution in [0.5, 0.6) is 0 Å². The molecule has 13 N–H and O–H groups in total. The molecule has 0 saturated heterocycles. The van der Waals surface area contributed by atoms with E-state index >= 15 is 0 Å². The summed E-state index contributed by atoms with van der Waals surface area (Å²) in [5.74, 6) is -0.474. The predicted molar refractivity (Wildman–Crippen MR) is 564 cm³/mol. The number of nitrogens with zero attached hydrogens (tertiary/aromatic N) is 10. The summed E-state index contributed by atoms with van der Waals surface area (Å²) < 4.78 is 141. The number of urea groups is 4. The topological polar surface area (TPSA) is 625 Å². The van der Waals surface area contributed by atoms with E-state index in [9.17, 15) is 100 Å². The fourth-order valence-electron chi connectivity index (χ4n) is 13.5. The lowest BCUT2D eigenvalue weighted by Gasteiger charge is -2.15. The third-order valence-electron chi connectivity index (χ3n) is 20.4. The molecule has 0 spiro atoms. The first-order valence-electron chi connectivity index (χ1n) is 41.7. The second kappa shape index (κ2) is 45.9. The zero-order valence-corrected chi connectivity index (χ0v) is 87.1. The lowest BCUT2D eigenvalue weighted by atomic mass is 10.1. The van der Waals surface area contributed by atoms with Crippen molar-refractivity contribution in [3.8, 4) is 23.3 Å². The van der Waals surface area contributed by atoms with Gasteiger partial charge in [-0.05, 0) is 184 Å². The van der Waals surface area contributed by atoms with E-state index in [1.54, 1.807) is 82.8 Å². The monoisotopic (exact) mass is 2250 g/mol. The number of rotatable bonds is 27. The Bertz CT molecular complexity index is 8800. The Hall–Kier alpha value is -15.4. The van der Waals surface area contributed by atoms with E-state index in [4.69, 9.17) is 51.1 Å². The van der Waals surface area contributed by atoms with Gasteiger partial charge in [-0.25, -0.2) is 105 Å². The van der Waals surface area contributed by atoms with Crippen molar-refractivity contribution in [1.29, 1.82) is 0 Å². The molecule has 0 aliphatic heterocycles. The van der Waals surface area contributed by atoms with Crippen molar-refractivity contribution >= 4 is 272 Å². The van der Waals surface area contributed by atoms with E-state index in [-0.39, 0.29) is 135 Å². The van der Waals surface area contributed by atoms with Gasteiger partial charge in [-0.2, -0.15) is 0 Å². The number of likely N-dealkylation sites (N-methyl/N-ethyl adjacent to an activating group) is 1. The minimum atomic E-state index is -4.12. The van der Waals surface area contributed by atoms with Crippen LogP contribution in [-0.4, -0.2) is 195 Å². The van der Waals surface area contributed by atoms with Crippen molar-refractivity contribution < 1.29 is 80.5 Å². The van der Waals surface area contributed by atoms with Crippen LogP contribution in [0, 0.1) is 10.1 Å². The van der Waals surface area contributed by atoms with Gasteiger partial charge in [0.25, 0.3) is 73.9 Å². The zero-order chi connectivity index (χ0) is 107. The smallest absolute Gasteiger partial charge is 0.340 e. The number of carbonyl (C=O) groups excluding carboxylic acids is 6. The molecular formula is C88H77Cl4N23O23S9. The Morgan fingerprint density at radius 1 is 0.381 bits per heavy atom. The quantitative estimate of drug-likeness (QED) is 0.0129. The number of benzene rings is 4. The van der Waals surface area contributed by atoms with Gasteiger partial charge in [0.2, 0.25) is 0 Å². The maximum atomic E-state index is 13.4. The number of carbonyl (C=O) groups is 6. The lowest BCUT2D eigenvalue weighted by molar-refractivity contribution is -0.383. The number of fused-ring (bicyclic) bond motifs is 4. The molecule has 0 atom stereocenters. The number of nitro groups is 1. The molecule has 16 aromatic rings. The van der Waals surface area contributed by atoms with Gasteiger partial charge >= 0.3 is 30.1 Å². The van der Waals surface area contributed by atoms with Crippen LogP contribution in [0.1, 0.15) is 20.7 Å². The highest BCUT2D eigenvalue weighted by molar-refractivity contribution is 7.93. The van der Waals surface area contributed by atoms with Crippen LogP contribution < -0.4 is 89.0 Å². The summed E-state index contributed by atoms with van der Waals surface area (Å²) in [6.07, 6.45) is 10.9. The number of anilines is 8. The molecule has 12 heterocycles. The summed E-state index contributed by atoms with van der Waals surface area (Å²) in [5.41, 5.74) is 1.59. The summed E-state index contributed by atoms with van der Waals surface area (Å²) in [6, 6.07) is 37.3. The number of hydrogen-bond acceptors (Lipinski definition) is 36. The van der Waals surface area contributed by atoms with Crippen LogP contribution in [0.2, 0.25) is 17.3 Å². The number of aromatic nitrogens is 8. The number of ether oxygens (including phenoxy) is 1. The molecule has 147 heavy (non-hydrogen) atoms. The molecule has 46 nitrogen and oxygen atoms in total. The number of methoxy groups -OCH3 is 1. The fraction of sp³-hybridized carbons (Fsp3) is 0.114. The van der Waals surface area contributed by atoms with E-state index in [1.165, 1.54) is 175 Å². The van der Waals surface area contributed by atoms with E-state index in [2.05, 4.69) is 67.8 Å². The molecule has 12 aromatic heterocycles. The molecule has 16 rings (SSSR count). The predicted octanol–water partition coefficient (Wildman–Crippen LogP) is 13.0. The number of halogens is 4. The Labute approximate surface area is 868 Å². The number of nitrogens with one attached hydrogen (secondary N) is 13. The maximum Gasteiger partial charge on any atom is 0.340 e. The summed E-state index contributed by atoms with van der Waals surface area (Å²) in [4.78, 5) is 157. The van der Waals surface area contributed by atoms with Gasteiger partial charge in [0.1, 0.15) is 40.1 Å². The van der Waals surface area contributed by atoms with E-state index in [0.29, 0.717) is 46.3 Å². The molecule has 4 aromatic carbocycles. The van der Waals surface area contributed by atoms with Gasteiger partial charge < -0.3 is 57.5 Å². The first-order valence-corrected chi connectivity index (χ1v) is 54.3. The minimum Gasteiger partial charge on any atom is -0.465 e. The summed E-state index contributed by atoms with van der Waals surface area (Å²) in [7, 11) is -8.33. The first-order chi connectivity index (χ1) is 69.6. The van der Waals surface area contributed by atoms with E-state index in [1.807, 2.05) is 37.9 Å². The molecule has 0 fully saturated rings. The van der Waals surface area contributed by atoms with Crippen molar-refractivity contribution in [3.63, 3.8) is 0 Å². The average Bonchev–Trinajstić information content (AvgIpc) is 1.49. The number of sulfone groups is 1. The normalized spacial score (nSPS) is 11.4. The molecule has 764 valence electrons. The second-order valence-corrected chi connectivity index (χ2v) is 47.0. The van der Waals surface area contributed by atoms with Crippen LogP contribution in [0.15, 0.2) is 260 Å². The summed E-state index contributed by atoms with van der Waals surface area (Å²) >= 11 is 26.2. The summed E-state index contributed by atoms with van der Waals surface area (Å²) in [5, 5.41) is 37.9. The Balaban J connectivity index is 0.000000164. The maximum absolute atomic E-state index is 13.4. The van der Waals surface area contributed by atoms with Crippen LogP contribution in [0.3, 0.4) is 0 Å². The van der Waals surface area contributed by atoms with Crippen LogP contribution in [-0.2, 0) is 54.7 Å². The minimum absolute atomic E-state index is 0.0588. The lowest BCUT2D eigenvalue weighted by Crippen LogP contribution is -2.34. The average molecular weight is 2260 g/mol. The van der Waals surface area contributed by atoms with Gasteiger partial charge in [-0.15, -0.1) is 45.3 Å². The molecule has 59 heteroatoms. The fourth-order valence-corrected chi connectivity index (χ4v) is 23.9. The van der Waals surface area contributed by atoms with Gasteiger partial charge in [-0.1, -0.05) is 46.4 Å². The number of hydrogen-bond donors (Lipinski definition) is 13. The highest BCUT2D eigenvalue weighted by atomic mass is 35.5. The van der Waals surface area contributed by atoms with E-state index in [0.717, 1.165) is 72.6 Å². The third-order valence-corrected chi connectivity index (χ3v) is 33.8. The first kappa shape index (κ1) is 109. The Morgan fingerprint density at radius 3 is 0.939 bits per heavy atom. The molecule has 0 saturated carbocycles. The molecular weight excluding hydrogens is 2180 g/mol. The zero-order valence-electron chi connectivity index (χ0n) is 76.7. The van der Waals surface area contributed by atoms with Crippen molar-refractivity contribution in [3.05, 3.63) is 299 Å². The molecule has 0 aliphatic rings. The van der Waals surface area contributed by atoms with Gasteiger partial charge in [0.05, 0.1) is 110 Å². The number of amides is 9. The number of pyridine rings is 8. The Morgan fingerprint density at radius 2 is 0.660 bits per heavy atom. The second-order valence-electron chi connectivity index (χ2n) is 30.5. The highest BCUT2D eigenvalue weighted by Crippen LogP contribution is 2.34.